The summed E-state index contributed by atoms with van der Waals surface area (Å²) in [6.45, 7) is 8.86. The molecule has 1 aliphatic rings. The van der Waals surface area contributed by atoms with Gasteiger partial charge in [0.1, 0.15) is 0 Å². The molecule has 2 aromatic carbocycles. The third-order valence-electron chi connectivity index (χ3n) is 6.41. The highest BCUT2D eigenvalue weighted by Gasteiger charge is 2.25. The average molecular weight is 432 g/mol. The van der Waals surface area contributed by atoms with E-state index in [0.29, 0.717) is 12.2 Å². The van der Waals surface area contributed by atoms with Gasteiger partial charge < -0.3 is 15.2 Å². The summed E-state index contributed by atoms with van der Waals surface area (Å²) in [5.41, 5.74) is 7.60. The maximum Gasteiger partial charge on any atom is 0.291 e. The molecule has 7 heteroatoms. The van der Waals surface area contributed by atoms with Crippen molar-refractivity contribution in [3.8, 4) is 11.1 Å². The molecule has 0 saturated carbocycles. The van der Waals surface area contributed by atoms with Gasteiger partial charge in [-0.15, -0.1) is 0 Å². The standard InChI is InChI=1S/C25H29N5O2/c1-5-30-13-12-23-22(14-30)27-24(29(23)4)25(32)28-21-11-7-9-19(17(21)3)18-8-6-10-20(16(18)2)26-15-31/h6-11,15H,5,12-14H2,1-4H3,(H,26,31)(H,28,32). The number of imidazole rings is 1. The Hall–Kier alpha value is -3.45. The van der Waals surface area contributed by atoms with Gasteiger partial charge in [0.15, 0.2) is 5.82 Å². The summed E-state index contributed by atoms with van der Waals surface area (Å²) in [7, 11) is 1.92. The van der Waals surface area contributed by atoms with Crippen molar-refractivity contribution in [2.24, 2.45) is 7.05 Å². The minimum Gasteiger partial charge on any atom is -0.328 e. The number of nitrogens with one attached hydrogen (secondary N) is 2. The van der Waals surface area contributed by atoms with Crippen LogP contribution in [0.5, 0.6) is 0 Å². The Morgan fingerprint density at radius 1 is 1.09 bits per heavy atom. The second-order valence-electron chi connectivity index (χ2n) is 8.18. The number of hydrogen-bond acceptors (Lipinski definition) is 4. The number of fused-ring (bicyclic) bond motifs is 1. The maximum absolute atomic E-state index is 13.2. The lowest BCUT2D eigenvalue weighted by molar-refractivity contribution is -0.105. The van der Waals surface area contributed by atoms with Crippen LogP contribution in [0.1, 0.15) is 40.1 Å². The molecule has 2 amide bonds. The number of amides is 2. The van der Waals surface area contributed by atoms with E-state index in [9.17, 15) is 9.59 Å². The van der Waals surface area contributed by atoms with E-state index in [0.717, 1.165) is 71.1 Å². The smallest absolute Gasteiger partial charge is 0.291 e. The van der Waals surface area contributed by atoms with E-state index < -0.39 is 0 Å². The van der Waals surface area contributed by atoms with Gasteiger partial charge in [0, 0.05) is 43.6 Å². The Morgan fingerprint density at radius 3 is 2.41 bits per heavy atom. The summed E-state index contributed by atoms with van der Waals surface area (Å²) >= 11 is 0. The van der Waals surface area contributed by atoms with Crippen molar-refractivity contribution in [2.75, 3.05) is 23.7 Å². The molecule has 0 aliphatic carbocycles. The van der Waals surface area contributed by atoms with Gasteiger partial charge in [-0.25, -0.2) is 4.98 Å². The first-order valence-corrected chi connectivity index (χ1v) is 10.9. The summed E-state index contributed by atoms with van der Waals surface area (Å²) in [5, 5.41) is 5.81. The molecule has 0 unspecified atom stereocenters. The largest absolute Gasteiger partial charge is 0.328 e. The number of carbonyl (C=O) groups excluding carboxylic acids is 2. The second-order valence-corrected chi connectivity index (χ2v) is 8.18. The third kappa shape index (κ3) is 3.91. The quantitative estimate of drug-likeness (QED) is 0.580. The molecule has 2 heterocycles. The van der Waals surface area contributed by atoms with Crippen LogP contribution in [-0.2, 0) is 24.8 Å². The number of nitrogens with zero attached hydrogens (tertiary/aromatic N) is 3. The Morgan fingerprint density at radius 2 is 1.75 bits per heavy atom. The zero-order valence-corrected chi connectivity index (χ0v) is 19.0. The van der Waals surface area contributed by atoms with Crippen molar-refractivity contribution in [3.63, 3.8) is 0 Å². The highest BCUT2D eigenvalue weighted by Crippen LogP contribution is 2.33. The van der Waals surface area contributed by atoms with Crippen LogP contribution in [0.4, 0.5) is 11.4 Å². The molecule has 0 spiro atoms. The zero-order chi connectivity index (χ0) is 22.8. The topological polar surface area (TPSA) is 79.3 Å². The molecule has 0 fully saturated rings. The van der Waals surface area contributed by atoms with Gasteiger partial charge in [0.25, 0.3) is 5.91 Å². The lowest BCUT2D eigenvalue weighted by Gasteiger charge is -2.24. The first-order valence-electron chi connectivity index (χ1n) is 10.9. The number of hydrogen-bond donors (Lipinski definition) is 2. The lowest BCUT2D eigenvalue weighted by atomic mass is 9.94. The first-order chi connectivity index (χ1) is 15.4. The van der Waals surface area contributed by atoms with Gasteiger partial charge >= 0.3 is 0 Å². The molecule has 0 radical (unpaired) electrons. The highest BCUT2D eigenvalue weighted by molar-refractivity contribution is 6.03. The van der Waals surface area contributed by atoms with E-state index in [2.05, 4.69) is 27.4 Å². The molecule has 7 nitrogen and oxygen atoms in total. The Bertz CT molecular complexity index is 1180. The predicted molar refractivity (Wildman–Crippen MR) is 127 cm³/mol. The van der Waals surface area contributed by atoms with E-state index in [1.54, 1.807) is 0 Å². The van der Waals surface area contributed by atoms with E-state index >= 15 is 0 Å². The van der Waals surface area contributed by atoms with Crippen molar-refractivity contribution in [3.05, 3.63) is 64.7 Å². The molecule has 3 aromatic rings. The van der Waals surface area contributed by atoms with Crippen molar-refractivity contribution in [2.45, 2.75) is 33.7 Å². The van der Waals surface area contributed by atoms with Gasteiger partial charge in [0.05, 0.1) is 5.69 Å². The Balaban J connectivity index is 1.63. The minimum absolute atomic E-state index is 0.210. The van der Waals surface area contributed by atoms with Crippen LogP contribution in [0.3, 0.4) is 0 Å². The third-order valence-corrected chi connectivity index (χ3v) is 6.41. The molecule has 32 heavy (non-hydrogen) atoms. The molecule has 4 rings (SSSR count). The number of likely N-dealkylation sites (N-methyl/N-ethyl adjacent to an activating group) is 1. The van der Waals surface area contributed by atoms with Gasteiger partial charge in [-0.3, -0.25) is 14.5 Å². The molecular weight excluding hydrogens is 402 g/mol. The zero-order valence-electron chi connectivity index (χ0n) is 19.0. The van der Waals surface area contributed by atoms with Crippen LogP contribution in [-0.4, -0.2) is 39.9 Å². The molecule has 0 atom stereocenters. The summed E-state index contributed by atoms with van der Waals surface area (Å²) in [6, 6.07) is 11.7. The van der Waals surface area contributed by atoms with Crippen LogP contribution in [0, 0.1) is 13.8 Å². The van der Waals surface area contributed by atoms with Crippen LogP contribution >= 0.6 is 0 Å². The predicted octanol–water partition coefficient (Wildman–Crippen LogP) is 3.90. The highest BCUT2D eigenvalue weighted by atomic mass is 16.2. The van der Waals surface area contributed by atoms with E-state index in [1.165, 1.54) is 0 Å². The Kier molecular flexibility index (Phi) is 6.10. The molecule has 1 aromatic heterocycles. The van der Waals surface area contributed by atoms with Gasteiger partial charge in [-0.05, 0) is 54.8 Å². The molecule has 1 aliphatic heterocycles. The minimum atomic E-state index is -0.210. The van der Waals surface area contributed by atoms with Crippen molar-refractivity contribution < 1.29 is 9.59 Å². The molecule has 166 valence electrons. The van der Waals surface area contributed by atoms with Gasteiger partial charge in [0.2, 0.25) is 6.41 Å². The number of aromatic nitrogens is 2. The fourth-order valence-corrected chi connectivity index (χ4v) is 4.44. The molecule has 2 N–H and O–H groups in total. The molecular formula is C25H29N5O2. The van der Waals surface area contributed by atoms with Crippen LogP contribution < -0.4 is 10.6 Å². The van der Waals surface area contributed by atoms with Crippen LogP contribution in [0.2, 0.25) is 0 Å². The van der Waals surface area contributed by atoms with Gasteiger partial charge in [-0.2, -0.15) is 0 Å². The number of anilines is 2. The summed E-state index contributed by atoms with van der Waals surface area (Å²) in [4.78, 5) is 31.1. The van der Waals surface area contributed by atoms with Crippen molar-refractivity contribution in [1.82, 2.24) is 14.5 Å². The lowest BCUT2D eigenvalue weighted by Crippen LogP contribution is -2.30. The summed E-state index contributed by atoms with van der Waals surface area (Å²) in [6.07, 6.45) is 1.58. The number of benzene rings is 2. The molecule has 0 bridgehead atoms. The molecule has 0 saturated heterocycles. The monoisotopic (exact) mass is 431 g/mol. The van der Waals surface area contributed by atoms with Gasteiger partial charge in [-0.1, -0.05) is 31.2 Å². The summed E-state index contributed by atoms with van der Waals surface area (Å²) < 4.78 is 1.93. The van der Waals surface area contributed by atoms with Crippen LogP contribution in [0.25, 0.3) is 11.1 Å². The maximum atomic E-state index is 13.2. The summed E-state index contributed by atoms with van der Waals surface area (Å²) in [5.74, 6) is 0.226. The van der Waals surface area contributed by atoms with E-state index in [4.69, 9.17) is 0 Å². The normalized spacial score (nSPS) is 13.5. The second kappa shape index (κ2) is 8.96. The van der Waals surface area contributed by atoms with Crippen LogP contribution in [0.15, 0.2) is 36.4 Å². The fraction of sp³-hybridized carbons (Fsp3) is 0.320. The van der Waals surface area contributed by atoms with Crippen molar-refractivity contribution >= 4 is 23.7 Å². The fourth-order valence-electron chi connectivity index (χ4n) is 4.44. The van der Waals surface area contributed by atoms with E-state index in [1.807, 2.05) is 61.9 Å². The number of rotatable bonds is 6. The van der Waals surface area contributed by atoms with Crippen molar-refractivity contribution in [1.29, 1.82) is 0 Å². The SMILES string of the molecule is CCN1CCc2c(nc(C(=O)Nc3cccc(-c4cccc(NC=O)c4C)c3C)n2C)C1. The average Bonchev–Trinajstić information content (AvgIpc) is 3.13. The first kappa shape index (κ1) is 21.8. The number of carbonyl (C=O) groups is 2. The van der Waals surface area contributed by atoms with E-state index in [-0.39, 0.29) is 5.91 Å². The Labute approximate surface area is 188 Å².